The summed E-state index contributed by atoms with van der Waals surface area (Å²) in [7, 11) is 1.56. The minimum atomic E-state index is -0.0374. The standard InChI is InChI=1S/C23H28ClN5O3/c1-15(2)32-19-13-16(31-11-10-29-8-4-5-9-29)12-18-21(19)23(26-14-25-18)28-22-17(24)6-7-20(27-22)30-3/h6-7,12-15H,4-5,8-11H2,1-3H3,(H,25,26,27,28). The summed E-state index contributed by atoms with van der Waals surface area (Å²) in [6, 6.07) is 7.21. The van der Waals surface area contributed by atoms with Gasteiger partial charge in [0, 0.05) is 24.7 Å². The average Bonchev–Trinajstić information content (AvgIpc) is 3.28. The molecule has 8 nitrogen and oxygen atoms in total. The SMILES string of the molecule is COc1ccc(Cl)c(Nc2ncnc3cc(OCCN4CCCC4)cc(OC(C)C)c23)n1. The first kappa shape index (κ1) is 22.4. The number of aromatic nitrogens is 3. The molecule has 4 rings (SSSR count). The minimum Gasteiger partial charge on any atom is -0.492 e. The van der Waals surface area contributed by atoms with E-state index in [1.807, 2.05) is 26.0 Å². The molecule has 0 unspecified atom stereocenters. The lowest BCUT2D eigenvalue weighted by Gasteiger charge is -2.18. The first-order valence-corrected chi connectivity index (χ1v) is 11.2. The summed E-state index contributed by atoms with van der Waals surface area (Å²) in [5, 5.41) is 4.38. The van der Waals surface area contributed by atoms with Gasteiger partial charge in [-0.3, -0.25) is 4.90 Å². The summed E-state index contributed by atoms with van der Waals surface area (Å²) in [6.07, 6.45) is 3.98. The normalized spacial score (nSPS) is 14.2. The molecule has 32 heavy (non-hydrogen) atoms. The molecule has 3 aromatic rings. The average molecular weight is 458 g/mol. The zero-order valence-corrected chi connectivity index (χ0v) is 19.4. The van der Waals surface area contributed by atoms with Crippen LogP contribution in [0.4, 0.5) is 11.6 Å². The summed E-state index contributed by atoms with van der Waals surface area (Å²) in [5.41, 5.74) is 0.704. The molecule has 0 radical (unpaired) electrons. The number of nitrogens with zero attached hydrogens (tertiary/aromatic N) is 4. The first-order valence-electron chi connectivity index (χ1n) is 10.8. The number of hydrogen-bond acceptors (Lipinski definition) is 8. The Morgan fingerprint density at radius 1 is 1.12 bits per heavy atom. The van der Waals surface area contributed by atoms with Gasteiger partial charge in [-0.15, -0.1) is 0 Å². The highest BCUT2D eigenvalue weighted by Gasteiger charge is 2.17. The Kier molecular flexibility index (Phi) is 7.12. The van der Waals surface area contributed by atoms with Gasteiger partial charge in [0.1, 0.15) is 30.3 Å². The fourth-order valence-corrected chi connectivity index (χ4v) is 3.84. The fraction of sp³-hybridized carbons (Fsp3) is 0.435. The molecule has 1 fully saturated rings. The maximum absolute atomic E-state index is 6.34. The number of fused-ring (bicyclic) bond motifs is 1. The van der Waals surface area contributed by atoms with E-state index in [1.54, 1.807) is 19.2 Å². The summed E-state index contributed by atoms with van der Waals surface area (Å²) < 4.78 is 17.4. The van der Waals surface area contributed by atoms with Crippen LogP contribution in [-0.4, -0.2) is 59.3 Å². The number of pyridine rings is 1. The van der Waals surface area contributed by atoms with Crippen molar-refractivity contribution in [3.63, 3.8) is 0 Å². The summed E-state index contributed by atoms with van der Waals surface area (Å²) >= 11 is 6.34. The molecule has 0 atom stereocenters. The Balaban J connectivity index is 1.65. The second-order valence-electron chi connectivity index (χ2n) is 7.91. The Morgan fingerprint density at radius 3 is 2.69 bits per heavy atom. The molecule has 3 heterocycles. The number of hydrogen-bond donors (Lipinski definition) is 1. The number of halogens is 1. The van der Waals surface area contributed by atoms with Crippen molar-refractivity contribution in [3.8, 4) is 17.4 Å². The van der Waals surface area contributed by atoms with Gasteiger partial charge in [-0.05, 0) is 45.8 Å². The van der Waals surface area contributed by atoms with Crippen LogP contribution in [0.15, 0.2) is 30.6 Å². The molecular weight excluding hydrogens is 430 g/mol. The van der Waals surface area contributed by atoms with Crippen LogP contribution in [0.1, 0.15) is 26.7 Å². The number of nitrogens with one attached hydrogen (secondary N) is 1. The molecule has 0 amide bonds. The zero-order valence-electron chi connectivity index (χ0n) is 18.6. The number of benzene rings is 1. The third kappa shape index (κ3) is 5.31. The second kappa shape index (κ2) is 10.2. The van der Waals surface area contributed by atoms with Crippen LogP contribution < -0.4 is 19.5 Å². The molecule has 1 aliphatic rings. The van der Waals surface area contributed by atoms with Gasteiger partial charge in [0.25, 0.3) is 0 Å². The van der Waals surface area contributed by atoms with Crippen LogP contribution in [-0.2, 0) is 0 Å². The van der Waals surface area contributed by atoms with Crippen LogP contribution in [0.5, 0.6) is 17.4 Å². The van der Waals surface area contributed by atoms with Crippen LogP contribution in [0.3, 0.4) is 0 Å². The van der Waals surface area contributed by atoms with Gasteiger partial charge in [0.15, 0.2) is 5.82 Å². The van der Waals surface area contributed by atoms with Crippen molar-refractivity contribution in [2.75, 3.05) is 38.7 Å². The molecule has 9 heteroatoms. The van der Waals surface area contributed by atoms with E-state index in [0.29, 0.717) is 40.4 Å². The molecule has 0 bridgehead atoms. The van der Waals surface area contributed by atoms with Gasteiger partial charge in [0.2, 0.25) is 5.88 Å². The molecular formula is C23H28ClN5O3. The van der Waals surface area contributed by atoms with Crippen molar-refractivity contribution < 1.29 is 14.2 Å². The van der Waals surface area contributed by atoms with E-state index in [9.17, 15) is 0 Å². The van der Waals surface area contributed by atoms with Crippen molar-refractivity contribution in [2.45, 2.75) is 32.8 Å². The maximum Gasteiger partial charge on any atom is 0.214 e. The Labute approximate surface area is 192 Å². The number of ether oxygens (including phenoxy) is 3. The molecule has 1 aromatic carbocycles. The van der Waals surface area contributed by atoms with Crippen LogP contribution in [0, 0.1) is 0 Å². The molecule has 1 aliphatic heterocycles. The van der Waals surface area contributed by atoms with Crippen LogP contribution >= 0.6 is 11.6 Å². The third-order valence-corrected chi connectivity index (χ3v) is 5.48. The Morgan fingerprint density at radius 2 is 1.94 bits per heavy atom. The quantitative estimate of drug-likeness (QED) is 0.495. The predicted molar refractivity (Wildman–Crippen MR) is 126 cm³/mol. The third-order valence-electron chi connectivity index (χ3n) is 5.18. The smallest absolute Gasteiger partial charge is 0.214 e. The number of rotatable bonds is 9. The van der Waals surface area contributed by atoms with Gasteiger partial charge in [-0.25, -0.2) is 9.97 Å². The molecule has 1 saturated heterocycles. The molecule has 0 saturated carbocycles. The number of anilines is 2. The van der Waals surface area contributed by atoms with E-state index in [1.165, 1.54) is 19.2 Å². The number of methoxy groups -OCH3 is 1. The Bertz CT molecular complexity index is 1070. The lowest BCUT2D eigenvalue weighted by atomic mass is 10.2. The van der Waals surface area contributed by atoms with Crippen molar-refractivity contribution in [1.29, 1.82) is 0 Å². The van der Waals surface area contributed by atoms with E-state index in [4.69, 9.17) is 25.8 Å². The molecule has 0 spiro atoms. The van der Waals surface area contributed by atoms with Gasteiger partial charge >= 0.3 is 0 Å². The van der Waals surface area contributed by atoms with Crippen molar-refractivity contribution in [3.05, 3.63) is 35.6 Å². The minimum absolute atomic E-state index is 0.0374. The fourth-order valence-electron chi connectivity index (χ4n) is 3.69. The lowest BCUT2D eigenvalue weighted by Crippen LogP contribution is -2.25. The molecule has 0 aliphatic carbocycles. The van der Waals surface area contributed by atoms with Crippen LogP contribution in [0.2, 0.25) is 5.02 Å². The van der Waals surface area contributed by atoms with Gasteiger partial charge < -0.3 is 19.5 Å². The molecule has 1 N–H and O–H groups in total. The van der Waals surface area contributed by atoms with E-state index in [2.05, 4.69) is 25.2 Å². The zero-order chi connectivity index (χ0) is 22.5. The highest BCUT2D eigenvalue weighted by molar-refractivity contribution is 6.33. The lowest BCUT2D eigenvalue weighted by molar-refractivity contribution is 0.231. The van der Waals surface area contributed by atoms with E-state index >= 15 is 0 Å². The molecule has 170 valence electrons. The van der Waals surface area contributed by atoms with Gasteiger partial charge in [0.05, 0.1) is 29.1 Å². The maximum atomic E-state index is 6.34. The highest BCUT2D eigenvalue weighted by Crippen LogP contribution is 2.37. The first-order chi connectivity index (χ1) is 15.5. The second-order valence-corrected chi connectivity index (χ2v) is 8.32. The van der Waals surface area contributed by atoms with Crippen molar-refractivity contribution in [1.82, 2.24) is 19.9 Å². The predicted octanol–water partition coefficient (Wildman–Crippen LogP) is 4.69. The number of likely N-dealkylation sites (tertiary alicyclic amines) is 1. The van der Waals surface area contributed by atoms with E-state index in [0.717, 1.165) is 30.8 Å². The summed E-state index contributed by atoms with van der Waals surface area (Å²) in [5.74, 6) is 2.78. The van der Waals surface area contributed by atoms with Crippen molar-refractivity contribution in [2.24, 2.45) is 0 Å². The summed E-state index contributed by atoms with van der Waals surface area (Å²) in [6.45, 7) is 7.77. The topological polar surface area (TPSA) is 81.6 Å². The summed E-state index contributed by atoms with van der Waals surface area (Å²) in [4.78, 5) is 15.7. The van der Waals surface area contributed by atoms with Gasteiger partial charge in [-0.2, -0.15) is 4.98 Å². The largest absolute Gasteiger partial charge is 0.492 e. The molecule has 2 aromatic heterocycles. The monoisotopic (exact) mass is 457 g/mol. The van der Waals surface area contributed by atoms with Gasteiger partial charge in [-0.1, -0.05) is 11.6 Å². The van der Waals surface area contributed by atoms with Crippen LogP contribution in [0.25, 0.3) is 10.9 Å². The van der Waals surface area contributed by atoms with E-state index < -0.39 is 0 Å². The van der Waals surface area contributed by atoms with E-state index in [-0.39, 0.29) is 6.10 Å². The van der Waals surface area contributed by atoms with Crippen molar-refractivity contribution >= 4 is 34.1 Å². The highest BCUT2D eigenvalue weighted by atomic mass is 35.5. The Hall–Kier alpha value is -2.84.